The van der Waals surface area contributed by atoms with Gasteiger partial charge in [-0.3, -0.25) is 4.98 Å². The fourth-order valence-electron chi connectivity index (χ4n) is 8.30. The molecule has 0 spiro atoms. The Morgan fingerprint density at radius 1 is 0.309 bits per heavy atom. The molecule has 0 amide bonds. The van der Waals surface area contributed by atoms with E-state index in [-0.39, 0.29) is 0 Å². The van der Waals surface area contributed by atoms with Crippen LogP contribution >= 0.6 is 0 Å². The third-order valence-electron chi connectivity index (χ3n) is 10.9. The average molecular weight is 702 g/mol. The molecular formula is C52H35N3. The Hall–Kier alpha value is -7.23. The zero-order chi connectivity index (χ0) is 36.6. The van der Waals surface area contributed by atoms with Gasteiger partial charge in [0.1, 0.15) is 0 Å². The minimum Gasteiger partial charge on any atom is -0.265 e. The number of rotatable bonds is 7. The lowest BCUT2D eigenvalue weighted by molar-refractivity contribution is 0.769. The molecule has 0 N–H and O–H groups in total. The Morgan fingerprint density at radius 2 is 0.727 bits per heavy atom. The van der Waals surface area contributed by atoms with Crippen LogP contribution in [-0.4, -0.2) is 15.0 Å². The molecule has 1 aliphatic carbocycles. The van der Waals surface area contributed by atoms with Crippen LogP contribution < -0.4 is 0 Å². The van der Waals surface area contributed by atoms with E-state index in [1.165, 1.54) is 50.1 Å². The normalized spacial score (nSPS) is 12.5. The standard InChI is InChI=1S/C52H35N3/c1-5-13-39(14-6-1)49-35-50(55-51(54-49)40-15-7-2-8-16-40)42-26-28-46-45-27-25-41(37-23-21-36(22-24-37)38-29-31-53-32-30-38)33-47(45)52(48(46)34-42,43-17-9-3-10-18-43)44-19-11-4-12-20-44/h1-35H. The maximum absolute atomic E-state index is 5.24. The van der Waals surface area contributed by atoms with Gasteiger partial charge in [-0.2, -0.15) is 0 Å². The van der Waals surface area contributed by atoms with Crippen molar-refractivity contribution in [3.8, 4) is 67.3 Å². The smallest absolute Gasteiger partial charge is 0.160 e. The van der Waals surface area contributed by atoms with Crippen molar-refractivity contribution >= 4 is 0 Å². The molecule has 0 saturated carbocycles. The van der Waals surface area contributed by atoms with Gasteiger partial charge in [-0.05, 0) is 86.0 Å². The molecule has 0 fully saturated rings. The van der Waals surface area contributed by atoms with Crippen LogP contribution in [0.2, 0.25) is 0 Å². The molecule has 0 bridgehead atoms. The fourth-order valence-corrected chi connectivity index (χ4v) is 8.30. The summed E-state index contributed by atoms with van der Waals surface area (Å²) in [6.07, 6.45) is 3.68. The summed E-state index contributed by atoms with van der Waals surface area (Å²) in [6.45, 7) is 0. The number of benzene rings is 7. The molecule has 3 nitrogen and oxygen atoms in total. The molecule has 55 heavy (non-hydrogen) atoms. The van der Waals surface area contributed by atoms with E-state index >= 15 is 0 Å². The van der Waals surface area contributed by atoms with Gasteiger partial charge in [-0.25, -0.2) is 9.97 Å². The Bertz CT molecular complexity index is 2670. The summed E-state index contributed by atoms with van der Waals surface area (Å²) in [5.74, 6) is 0.706. The van der Waals surface area contributed by atoms with Crippen LogP contribution in [0.4, 0.5) is 0 Å². The Labute approximate surface area is 321 Å². The van der Waals surface area contributed by atoms with Gasteiger partial charge < -0.3 is 0 Å². The van der Waals surface area contributed by atoms with Crippen molar-refractivity contribution < 1.29 is 0 Å². The van der Waals surface area contributed by atoms with Crippen LogP contribution in [0, 0.1) is 0 Å². The maximum atomic E-state index is 5.24. The van der Waals surface area contributed by atoms with Crippen LogP contribution in [0.25, 0.3) is 67.3 Å². The number of nitrogens with zero attached hydrogens (tertiary/aromatic N) is 3. The highest BCUT2D eigenvalue weighted by molar-refractivity contribution is 5.90. The number of pyridine rings is 1. The van der Waals surface area contributed by atoms with E-state index in [4.69, 9.17) is 9.97 Å². The van der Waals surface area contributed by atoms with Gasteiger partial charge in [0.15, 0.2) is 5.82 Å². The van der Waals surface area contributed by atoms with Crippen LogP contribution in [0.1, 0.15) is 22.3 Å². The summed E-state index contributed by atoms with van der Waals surface area (Å²) in [7, 11) is 0. The molecule has 3 heteroatoms. The molecule has 0 saturated heterocycles. The highest BCUT2D eigenvalue weighted by Crippen LogP contribution is 2.57. The molecule has 0 atom stereocenters. The molecule has 2 aromatic heterocycles. The van der Waals surface area contributed by atoms with E-state index in [9.17, 15) is 0 Å². The van der Waals surface area contributed by atoms with Crippen LogP contribution in [0.15, 0.2) is 213 Å². The molecule has 2 heterocycles. The Kier molecular flexibility index (Phi) is 8.04. The van der Waals surface area contributed by atoms with E-state index in [0.29, 0.717) is 5.82 Å². The minimum absolute atomic E-state index is 0.576. The molecule has 0 unspecified atom stereocenters. The molecule has 9 aromatic rings. The van der Waals surface area contributed by atoms with Gasteiger partial charge >= 0.3 is 0 Å². The Balaban J connectivity index is 1.19. The molecule has 0 aliphatic heterocycles. The lowest BCUT2D eigenvalue weighted by Gasteiger charge is -2.34. The summed E-state index contributed by atoms with van der Waals surface area (Å²) in [5.41, 5.74) is 16.4. The number of hydrogen-bond donors (Lipinski definition) is 0. The summed E-state index contributed by atoms with van der Waals surface area (Å²) in [6, 6.07) is 71.6. The van der Waals surface area contributed by atoms with E-state index in [1.807, 2.05) is 36.7 Å². The first-order valence-corrected chi connectivity index (χ1v) is 18.7. The first kappa shape index (κ1) is 32.4. The van der Waals surface area contributed by atoms with Crippen molar-refractivity contribution in [1.82, 2.24) is 15.0 Å². The van der Waals surface area contributed by atoms with Gasteiger partial charge in [-0.1, -0.05) is 170 Å². The van der Waals surface area contributed by atoms with Crippen molar-refractivity contribution in [3.63, 3.8) is 0 Å². The molecule has 0 radical (unpaired) electrons. The molecule has 258 valence electrons. The zero-order valence-corrected chi connectivity index (χ0v) is 30.0. The topological polar surface area (TPSA) is 38.7 Å². The SMILES string of the molecule is c1ccc(-c2cc(-c3ccc4c(c3)C(c3ccccc3)(c3ccccc3)c3cc(-c5ccc(-c6ccncc6)cc5)ccc3-4)nc(-c3ccccc3)n2)cc1. The van der Waals surface area contributed by atoms with E-state index in [2.05, 4.69) is 181 Å². The third-order valence-corrected chi connectivity index (χ3v) is 10.9. The van der Waals surface area contributed by atoms with Gasteiger partial charge in [0.25, 0.3) is 0 Å². The quantitative estimate of drug-likeness (QED) is 0.166. The number of aromatic nitrogens is 3. The summed E-state index contributed by atoms with van der Waals surface area (Å²) in [5, 5.41) is 0. The summed E-state index contributed by atoms with van der Waals surface area (Å²) >= 11 is 0. The molecule has 10 rings (SSSR count). The lowest BCUT2D eigenvalue weighted by atomic mass is 9.67. The Morgan fingerprint density at radius 3 is 1.29 bits per heavy atom. The van der Waals surface area contributed by atoms with E-state index in [1.54, 1.807) is 0 Å². The molecular weight excluding hydrogens is 667 g/mol. The van der Waals surface area contributed by atoms with Crippen LogP contribution in [0.3, 0.4) is 0 Å². The second-order valence-electron chi connectivity index (χ2n) is 14.0. The third kappa shape index (κ3) is 5.65. The minimum atomic E-state index is -0.576. The van der Waals surface area contributed by atoms with Gasteiger partial charge in [0.05, 0.1) is 16.8 Å². The average Bonchev–Trinajstić information content (AvgIpc) is 3.57. The fraction of sp³-hybridized carbons (Fsp3) is 0.0192. The lowest BCUT2D eigenvalue weighted by Crippen LogP contribution is -2.28. The van der Waals surface area contributed by atoms with Crippen molar-refractivity contribution in [2.24, 2.45) is 0 Å². The predicted octanol–water partition coefficient (Wildman–Crippen LogP) is 12.6. The van der Waals surface area contributed by atoms with Crippen molar-refractivity contribution in [2.75, 3.05) is 0 Å². The highest BCUT2D eigenvalue weighted by Gasteiger charge is 2.46. The van der Waals surface area contributed by atoms with Crippen molar-refractivity contribution in [1.29, 1.82) is 0 Å². The predicted molar refractivity (Wildman–Crippen MR) is 224 cm³/mol. The summed E-state index contributed by atoms with van der Waals surface area (Å²) < 4.78 is 0. The molecule has 1 aliphatic rings. The maximum Gasteiger partial charge on any atom is 0.160 e. The summed E-state index contributed by atoms with van der Waals surface area (Å²) in [4.78, 5) is 14.5. The van der Waals surface area contributed by atoms with E-state index < -0.39 is 5.41 Å². The highest BCUT2D eigenvalue weighted by atomic mass is 14.9. The van der Waals surface area contributed by atoms with Crippen molar-refractivity contribution in [2.45, 2.75) is 5.41 Å². The van der Waals surface area contributed by atoms with Gasteiger partial charge in [-0.15, -0.1) is 0 Å². The van der Waals surface area contributed by atoms with Gasteiger partial charge in [0, 0.05) is 29.1 Å². The number of fused-ring (bicyclic) bond motifs is 3. The second kappa shape index (κ2) is 13.6. The number of hydrogen-bond acceptors (Lipinski definition) is 3. The van der Waals surface area contributed by atoms with Crippen LogP contribution in [-0.2, 0) is 5.41 Å². The van der Waals surface area contributed by atoms with Crippen LogP contribution in [0.5, 0.6) is 0 Å². The van der Waals surface area contributed by atoms with Crippen molar-refractivity contribution in [3.05, 3.63) is 235 Å². The second-order valence-corrected chi connectivity index (χ2v) is 14.0. The largest absolute Gasteiger partial charge is 0.265 e. The van der Waals surface area contributed by atoms with E-state index in [0.717, 1.165) is 33.6 Å². The van der Waals surface area contributed by atoms with Gasteiger partial charge in [0.2, 0.25) is 0 Å². The zero-order valence-electron chi connectivity index (χ0n) is 30.0. The first-order valence-electron chi connectivity index (χ1n) is 18.7. The first-order chi connectivity index (χ1) is 27.3. The molecule has 7 aromatic carbocycles. The monoisotopic (exact) mass is 701 g/mol.